The maximum absolute atomic E-state index is 12.7. The Kier molecular flexibility index (Phi) is 7.14. The Labute approximate surface area is 194 Å². The van der Waals surface area contributed by atoms with E-state index in [9.17, 15) is 4.79 Å². The van der Waals surface area contributed by atoms with E-state index in [1.807, 2.05) is 6.07 Å². The predicted octanol–water partition coefficient (Wildman–Crippen LogP) is 3.30. The molecule has 0 radical (unpaired) electrons. The maximum Gasteiger partial charge on any atom is 0.273 e. The first kappa shape index (κ1) is 22.7. The van der Waals surface area contributed by atoms with Crippen molar-refractivity contribution in [2.45, 2.75) is 13.0 Å². The molecule has 1 aliphatic rings. The largest absolute Gasteiger partial charge is 0.497 e. The van der Waals surface area contributed by atoms with E-state index in [1.165, 1.54) is 5.69 Å². The number of aromatic nitrogens is 1. The molecular formula is C25H30N4O4. The molecule has 8 heteroatoms. The minimum Gasteiger partial charge on any atom is -0.497 e. The van der Waals surface area contributed by atoms with E-state index >= 15 is 0 Å². The van der Waals surface area contributed by atoms with Crippen LogP contribution in [0.4, 0.5) is 5.69 Å². The Morgan fingerprint density at radius 2 is 1.82 bits per heavy atom. The number of nitrogens with zero attached hydrogens (tertiary/aromatic N) is 3. The van der Waals surface area contributed by atoms with Crippen LogP contribution in [0.2, 0.25) is 0 Å². The van der Waals surface area contributed by atoms with Gasteiger partial charge in [-0.25, -0.2) is 0 Å². The molecule has 1 aromatic heterocycles. The molecule has 174 valence electrons. The summed E-state index contributed by atoms with van der Waals surface area (Å²) in [5.74, 6) is 1.46. The average molecular weight is 451 g/mol. The van der Waals surface area contributed by atoms with E-state index in [-0.39, 0.29) is 17.6 Å². The Balaban J connectivity index is 1.31. The third-order valence-electron chi connectivity index (χ3n) is 6.03. The Bertz CT molecular complexity index is 1060. The molecule has 1 aliphatic heterocycles. The molecule has 3 aromatic rings. The normalized spacial score (nSPS) is 15.2. The van der Waals surface area contributed by atoms with Gasteiger partial charge in [-0.1, -0.05) is 23.4 Å². The standard InChI is InChI=1S/C25H30N4O4/c1-18(28-11-13-29(14-12-28)19-7-5-4-6-8-19)17-26-25(30)22-16-24(33-27-22)21-15-20(31-2)9-10-23(21)32-3/h4-10,15-16,18H,11-14,17H2,1-3H3,(H,26,30). The zero-order chi connectivity index (χ0) is 23.2. The van der Waals surface area contributed by atoms with Gasteiger partial charge in [0, 0.05) is 50.5 Å². The van der Waals surface area contributed by atoms with Gasteiger partial charge in [-0.2, -0.15) is 0 Å². The Hall–Kier alpha value is -3.52. The summed E-state index contributed by atoms with van der Waals surface area (Å²) < 4.78 is 16.1. The second-order valence-electron chi connectivity index (χ2n) is 8.06. The van der Waals surface area contributed by atoms with Crippen molar-refractivity contribution in [2.24, 2.45) is 0 Å². The van der Waals surface area contributed by atoms with Crippen molar-refractivity contribution in [1.29, 1.82) is 0 Å². The summed E-state index contributed by atoms with van der Waals surface area (Å²) >= 11 is 0. The van der Waals surface area contributed by atoms with Crippen molar-refractivity contribution in [3.05, 3.63) is 60.3 Å². The van der Waals surface area contributed by atoms with Crippen molar-refractivity contribution >= 4 is 11.6 Å². The number of para-hydroxylation sites is 1. The molecule has 8 nitrogen and oxygen atoms in total. The molecule has 2 aromatic carbocycles. The van der Waals surface area contributed by atoms with Gasteiger partial charge < -0.3 is 24.2 Å². The van der Waals surface area contributed by atoms with Gasteiger partial charge in [-0.05, 0) is 37.3 Å². The van der Waals surface area contributed by atoms with E-state index in [0.717, 1.165) is 26.2 Å². The third kappa shape index (κ3) is 5.28. The van der Waals surface area contributed by atoms with Gasteiger partial charge in [-0.15, -0.1) is 0 Å². The molecule has 1 N–H and O–H groups in total. The first-order chi connectivity index (χ1) is 16.1. The van der Waals surface area contributed by atoms with Crippen LogP contribution in [0.5, 0.6) is 11.5 Å². The average Bonchev–Trinajstić information content (AvgIpc) is 3.37. The van der Waals surface area contributed by atoms with Gasteiger partial charge in [-0.3, -0.25) is 9.69 Å². The van der Waals surface area contributed by atoms with E-state index in [2.05, 4.69) is 51.5 Å². The number of ether oxygens (including phenoxy) is 2. The maximum atomic E-state index is 12.7. The molecule has 0 bridgehead atoms. The van der Waals surface area contributed by atoms with Crippen LogP contribution in [0.25, 0.3) is 11.3 Å². The lowest BCUT2D eigenvalue weighted by Crippen LogP contribution is -2.52. The third-order valence-corrected chi connectivity index (χ3v) is 6.03. The second kappa shape index (κ2) is 10.4. The molecule has 2 heterocycles. The van der Waals surface area contributed by atoms with E-state index in [1.54, 1.807) is 38.5 Å². The second-order valence-corrected chi connectivity index (χ2v) is 8.06. The van der Waals surface area contributed by atoms with Crippen LogP contribution in [-0.4, -0.2) is 68.9 Å². The zero-order valence-electron chi connectivity index (χ0n) is 19.3. The van der Waals surface area contributed by atoms with Gasteiger partial charge in [0.2, 0.25) is 0 Å². The highest BCUT2D eigenvalue weighted by Gasteiger charge is 2.23. The number of rotatable bonds is 8. The highest BCUT2D eigenvalue weighted by atomic mass is 16.5. The summed E-state index contributed by atoms with van der Waals surface area (Å²) in [6.07, 6.45) is 0. The lowest BCUT2D eigenvalue weighted by Gasteiger charge is -2.39. The first-order valence-electron chi connectivity index (χ1n) is 11.1. The molecule has 1 amide bonds. The number of piperazine rings is 1. The molecule has 1 saturated heterocycles. The topological polar surface area (TPSA) is 80.1 Å². The van der Waals surface area contributed by atoms with Crippen molar-refractivity contribution in [3.8, 4) is 22.8 Å². The van der Waals surface area contributed by atoms with Crippen molar-refractivity contribution < 1.29 is 18.8 Å². The lowest BCUT2D eigenvalue weighted by molar-refractivity contribution is 0.0925. The Morgan fingerprint density at radius 1 is 1.06 bits per heavy atom. The van der Waals surface area contributed by atoms with Crippen LogP contribution in [-0.2, 0) is 0 Å². The zero-order valence-corrected chi connectivity index (χ0v) is 19.3. The highest BCUT2D eigenvalue weighted by Crippen LogP contribution is 2.33. The molecular weight excluding hydrogens is 420 g/mol. The number of hydrogen-bond donors (Lipinski definition) is 1. The molecule has 0 aliphatic carbocycles. The fourth-order valence-corrected chi connectivity index (χ4v) is 4.04. The van der Waals surface area contributed by atoms with Crippen molar-refractivity contribution in [2.75, 3.05) is 51.8 Å². The summed E-state index contributed by atoms with van der Waals surface area (Å²) in [6, 6.07) is 17.7. The quantitative estimate of drug-likeness (QED) is 0.564. The molecule has 1 fully saturated rings. The highest BCUT2D eigenvalue weighted by molar-refractivity contribution is 5.93. The molecule has 4 rings (SSSR count). The van der Waals surface area contributed by atoms with Crippen molar-refractivity contribution in [3.63, 3.8) is 0 Å². The molecule has 1 unspecified atom stereocenters. The number of carbonyl (C=O) groups is 1. The summed E-state index contributed by atoms with van der Waals surface area (Å²) in [5, 5.41) is 6.94. The Morgan fingerprint density at radius 3 is 2.52 bits per heavy atom. The van der Waals surface area contributed by atoms with Crippen LogP contribution in [0, 0.1) is 0 Å². The minimum absolute atomic E-state index is 0.219. The van der Waals surface area contributed by atoms with Gasteiger partial charge >= 0.3 is 0 Å². The fourth-order valence-electron chi connectivity index (χ4n) is 4.04. The number of nitrogens with one attached hydrogen (secondary N) is 1. The summed E-state index contributed by atoms with van der Waals surface area (Å²) in [6.45, 7) is 6.52. The number of amides is 1. The van der Waals surface area contributed by atoms with Crippen LogP contribution in [0.1, 0.15) is 17.4 Å². The van der Waals surface area contributed by atoms with Crippen LogP contribution in [0.3, 0.4) is 0 Å². The van der Waals surface area contributed by atoms with Crippen molar-refractivity contribution in [1.82, 2.24) is 15.4 Å². The van der Waals surface area contributed by atoms with E-state index in [0.29, 0.717) is 29.4 Å². The smallest absolute Gasteiger partial charge is 0.273 e. The summed E-state index contributed by atoms with van der Waals surface area (Å²) in [5.41, 5.74) is 2.16. The van der Waals surface area contributed by atoms with Gasteiger partial charge in [0.15, 0.2) is 11.5 Å². The monoisotopic (exact) mass is 450 g/mol. The van der Waals surface area contributed by atoms with Crippen LogP contribution < -0.4 is 19.7 Å². The summed E-state index contributed by atoms with van der Waals surface area (Å²) in [4.78, 5) is 17.5. The van der Waals surface area contributed by atoms with Crippen LogP contribution in [0.15, 0.2) is 59.1 Å². The molecule has 0 spiro atoms. The first-order valence-corrected chi connectivity index (χ1v) is 11.1. The van der Waals surface area contributed by atoms with Crippen LogP contribution >= 0.6 is 0 Å². The number of hydrogen-bond acceptors (Lipinski definition) is 7. The molecule has 33 heavy (non-hydrogen) atoms. The number of benzene rings is 2. The van der Waals surface area contributed by atoms with E-state index < -0.39 is 0 Å². The van der Waals surface area contributed by atoms with Gasteiger partial charge in [0.05, 0.1) is 19.8 Å². The number of anilines is 1. The lowest BCUT2D eigenvalue weighted by atomic mass is 10.1. The molecule has 1 atom stereocenters. The number of methoxy groups -OCH3 is 2. The predicted molar refractivity (Wildman–Crippen MR) is 127 cm³/mol. The van der Waals surface area contributed by atoms with E-state index in [4.69, 9.17) is 14.0 Å². The number of carbonyl (C=O) groups excluding carboxylic acids is 1. The SMILES string of the molecule is COc1ccc(OC)c(-c2cc(C(=O)NCC(C)N3CCN(c4ccccc4)CC3)no2)c1. The van der Waals surface area contributed by atoms with Gasteiger partial charge in [0.1, 0.15) is 11.5 Å². The fraction of sp³-hybridized carbons (Fsp3) is 0.360. The van der Waals surface area contributed by atoms with Gasteiger partial charge in [0.25, 0.3) is 5.91 Å². The minimum atomic E-state index is -0.262. The summed E-state index contributed by atoms with van der Waals surface area (Å²) in [7, 11) is 3.17. The molecule has 0 saturated carbocycles.